The van der Waals surface area contributed by atoms with E-state index in [1.54, 1.807) is 4.90 Å². The zero-order chi connectivity index (χ0) is 13.0. The Morgan fingerprint density at radius 1 is 1.22 bits per heavy atom. The van der Waals surface area contributed by atoms with Gasteiger partial charge in [-0.25, -0.2) is 9.37 Å². The van der Waals surface area contributed by atoms with E-state index < -0.39 is 0 Å². The van der Waals surface area contributed by atoms with Crippen molar-refractivity contribution in [2.45, 2.75) is 6.54 Å². The molecule has 5 nitrogen and oxygen atoms in total. The molecule has 2 rings (SSSR count). The molecule has 0 unspecified atom stereocenters. The Labute approximate surface area is 103 Å². The normalized spacial score (nSPS) is 11.6. The minimum Gasteiger partial charge on any atom is -0.439 e. The van der Waals surface area contributed by atoms with E-state index in [4.69, 9.17) is 14.6 Å². The molecule has 0 saturated heterocycles. The highest BCUT2D eigenvalue weighted by Gasteiger charge is 2.11. The third-order valence-electron chi connectivity index (χ3n) is 2.59. The van der Waals surface area contributed by atoms with Gasteiger partial charge in [-0.05, 0) is 12.1 Å². The number of oxazole rings is 1. The molecule has 18 heavy (non-hydrogen) atoms. The minimum absolute atomic E-state index is 0.00510. The number of aliphatic hydroxyl groups is 2. The Balaban J connectivity index is 2.14. The number of nitrogens with zero attached hydrogens (tertiary/aromatic N) is 2. The molecule has 0 aliphatic carbocycles. The van der Waals surface area contributed by atoms with E-state index in [-0.39, 0.29) is 19.0 Å². The highest BCUT2D eigenvalue weighted by atomic mass is 19.1. The van der Waals surface area contributed by atoms with Gasteiger partial charge < -0.3 is 14.6 Å². The van der Waals surface area contributed by atoms with Crippen molar-refractivity contribution in [2.24, 2.45) is 0 Å². The van der Waals surface area contributed by atoms with Crippen LogP contribution in [0.25, 0.3) is 11.1 Å². The third-order valence-corrected chi connectivity index (χ3v) is 2.59. The van der Waals surface area contributed by atoms with Crippen molar-refractivity contribution in [1.82, 2.24) is 9.88 Å². The average molecular weight is 254 g/mol. The quantitative estimate of drug-likeness (QED) is 0.796. The van der Waals surface area contributed by atoms with Crippen LogP contribution >= 0.6 is 0 Å². The highest BCUT2D eigenvalue weighted by molar-refractivity contribution is 5.72. The maximum atomic E-state index is 13.0. The Morgan fingerprint density at radius 3 is 2.61 bits per heavy atom. The number of hydrogen-bond donors (Lipinski definition) is 2. The summed E-state index contributed by atoms with van der Waals surface area (Å²) in [6, 6.07) is 4.16. The summed E-state index contributed by atoms with van der Waals surface area (Å²) in [5, 5.41) is 17.8. The molecule has 98 valence electrons. The standard InChI is InChI=1S/C12H15FN2O3/c13-9-1-2-11-10(7-9)14-12(18-11)8-15(3-5-16)4-6-17/h1-2,7,16-17H,3-6,8H2. The van der Waals surface area contributed by atoms with Crippen LogP contribution < -0.4 is 0 Å². The van der Waals surface area contributed by atoms with Crippen LogP contribution in [0.15, 0.2) is 22.6 Å². The lowest BCUT2D eigenvalue weighted by molar-refractivity contribution is 0.147. The molecule has 0 aliphatic heterocycles. The van der Waals surface area contributed by atoms with Gasteiger partial charge in [0.05, 0.1) is 19.8 Å². The summed E-state index contributed by atoms with van der Waals surface area (Å²) in [5.41, 5.74) is 0.997. The first kappa shape index (κ1) is 12.9. The van der Waals surface area contributed by atoms with Crippen LogP contribution in [0.4, 0.5) is 4.39 Å². The lowest BCUT2D eigenvalue weighted by Gasteiger charge is -2.17. The third kappa shape index (κ3) is 3.04. The van der Waals surface area contributed by atoms with Crippen molar-refractivity contribution in [2.75, 3.05) is 26.3 Å². The van der Waals surface area contributed by atoms with Gasteiger partial charge in [-0.3, -0.25) is 4.90 Å². The number of halogens is 1. The van der Waals surface area contributed by atoms with Crippen LogP contribution in [0.2, 0.25) is 0 Å². The maximum Gasteiger partial charge on any atom is 0.209 e. The molecule has 2 aromatic rings. The number of aliphatic hydroxyl groups excluding tert-OH is 2. The summed E-state index contributed by atoms with van der Waals surface area (Å²) >= 11 is 0. The number of fused-ring (bicyclic) bond motifs is 1. The summed E-state index contributed by atoms with van der Waals surface area (Å²) in [6.45, 7) is 1.21. The zero-order valence-electron chi connectivity index (χ0n) is 9.84. The molecule has 0 atom stereocenters. The Morgan fingerprint density at radius 2 is 1.94 bits per heavy atom. The van der Waals surface area contributed by atoms with Crippen molar-refractivity contribution in [3.8, 4) is 0 Å². The highest BCUT2D eigenvalue weighted by Crippen LogP contribution is 2.17. The van der Waals surface area contributed by atoms with Crippen molar-refractivity contribution in [3.63, 3.8) is 0 Å². The van der Waals surface area contributed by atoms with Gasteiger partial charge in [0.15, 0.2) is 5.58 Å². The van der Waals surface area contributed by atoms with Gasteiger partial charge >= 0.3 is 0 Å². The van der Waals surface area contributed by atoms with Crippen LogP contribution in [-0.4, -0.2) is 46.4 Å². The fourth-order valence-corrected chi connectivity index (χ4v) is 1.76. The fourth-order valence-electron chi connectivity index (χ4n) is 1.76. The number of rotatable bonds is 6. The molecule has 0 amide bonds. The van der Waals surface area contributed by atoms with Crippen LogP contribution in [0.1, 0.15) is 5.89 Å². The number of benzene rings is 1. The van der Waals surface area contributed by atoms with Crippen molar-refractivity contribution < 1.29 is 19.0 Å². The van der Waals surface area contributed by atoms with Crippen molar-refractivity contribution >= 4 is 11.1 Å². The van der Waals surface area contributed by atoms with Crippen LogP contribution in [-0.2, 0) is 6.54 Å². The molecular formula is C12H15FN2O3. The molecule has 2 N–H and O–H groups in total. The zero-order valence-corrected chi connectivity index (χ0v) is 9.84. The second kappa shape index (κ2) is 5.90. The first-order chi connectivity index (χ1) is 8.72. The predicted molar refractivity (Wildman–Crippen MR) is 63.4 cm³/mol. The predicted octanol–water partition coefficient (Wildman–Crippen LogP) is 0.754. The maximum absolute atomic E-state index is 13.0. The molecule has 1 aromatic carbocycles. The molecule has 0 radical (unpaired) electrons. The molecule has 6 heteroatoms. The summed E-state index contributed by atoms with van der Waals surface area (Å²) in [7, 11) is 0. The second-order valence-corrected chi connectivity index (χ2v) is 3.94. The Hall–Kier alpha value is -1.50. The van der Waals surface area contributed by atoms with E-state index in [9.17, 15) is 4.39 Å². The first-order valence-corrected chi connectivity index (χ1v) is 5.72. The van der Waals surface area contributed by atoms with Crippen LogP contribution in [0, 0.1) is 5.82 Å². The molecule has 1 heterocycles. The largest absolute Gasteiger partial charge is 0.439 e. The first-order valence-electron chi connectivity index (χ1n) is 5.72. The van der Waals surface area contributed by atoms with Crippen molar-refractivity contribution in [1.29, 1.82) is 0 Å². The van der Waals surface area contributed by atoms with E-state index in [0.717, 1.165) is 0 Å². The van der Waals surface area contributed by atoms with Crippen LogP contribution in [0.5, 0.6) is 0 Å². The van der Waals surface area contributed by atoms with E-state index in [0.29, 0.717) is 36.6 Å². The smallest absolute Gasteiger partial charge is 0.209 e. The summed E-state index contributed by atoms with van der Waals surface area (Å²) in [4.78, 5) is 5.97. The van der Waals surface area contributed by atoms with Gasteiger partial charge in [0.1, 0.15) is 11.3 Å². The lowest BCUT2D eigenvalue weighted by Crippen LogP contribution is -2.29. The Kier molecular flexibility index (Phi) is 4.24. The molecule has 0 saturated carbocycles. The fraction of sp³-hybridized carbons (Fsp3) is 0.417. The number of hydrogen-bond acceptors (Lipinski definition) is 5. The molecule has 1 aromatic heterocycles. The van der Waals surface area contributed by atoms with Gasteiger partial charge in [0, 0.05) is 19.2 Å². The molecular weight excluding hydrogens is 239 g/mol. The lowest BCUT2D eigenvalue weighted by atomic mass is 10.3. The van der Waals surface area contributed by atoms with Gasteiger partial charge in [0.25, 0.3) is 0 Å². The topological polar surface area (TPSA) is 69.7 Å². The summed E-state index contributed by atoms with van der Waals surface area (Å²) in [5.74, 6) is 0.0856. The second-order valence-electron chi connectivity index (χ2n) is 3.94. The SMILES string of the molecule is OCCN(CCO)Cc1nc2cc(F)ccc2o1. The monoisotopic (exact) mass is 254 g/mol. The van der Waals surface area contributed by atoms with E-state index in [1.165, 1.54) is 18.2 Å². The van der Waals surface area contributed by atoms with Crippen LogP contribution in [0.3, 0.4) is 0 Å². The minimum atomic E-state index is -0.357. The molecule has 0 bridgehead atoms. The molecule has 0 spiro atoms. The van der Waals surface area contributed by atoms with E-state index in [2.05, 4.69) is 4.98 Å². The van der Waals surface area contributed by atoms with Gasteiger partial charge in [-0.1, -0.05) is 0 Å². The van der Waals surface area contributed by atoms with Crippen molar-refractivity contribution in [3.05, 3.63) is 29.9 Å². The van der Waals surface area contributed by atoms with E-state index in [1.807, 2.05) is 0 Å². The Bertz CT molecular complexity index is 509. The van der Waals surface area contributed by atoms with E-state index >= 15 is 0 Å². The summed E-state index contributed by atoms with van der Waals surface area (Å²) < 4.78 is 18.5. The molecule has 0 fully saturated rings. The van der Waals surface area contributed by atoms with Gasteiger partial charge in [0.2, 0.25) is 5.89 Å². The average Bonchev–Trinajstić information content (AvgIpc) is 2.71. The number of aromatic nitrogens is 1. The summed E-state index contributed by atoms with van der Waals surface area (Å²) in [6.07, 6.45) is 0. The van der Waals surface area contributed by atoms with Gasteiger partial charge in [-0.2, -0.15) is 0 Å². The van der Waals surface area contributed by atoms with Gasteiger partial charge in [-0.15, -0.1) is 0 Å². The molecule has 0 aliphatic rings.